The van der Waals surface area contributed by atoms with Crippen LogP contribution < -0.4 is 10.5 Å². The van der Waals surface area contributed by atoms with Crippen LogP contribution in [0, 0.1) is 0 Å². The van der Waals surface area contributed by atoms with Crippen molar-refractivity contribution in [2.24, 2.45) is 0 Å². The van der Waals surface area contributed by atoms with Crippen LogP contribution in [0.15, 0.2) is 24.3 Å². The van der Waals surface area contributed by atoms with Crippen molar-refractivity contribution in [3.05, 3.63) is 24.3 Å². The third-order valence-corrected chi connectivity index (χ3v) is 4.37. The van der Waals surface area contributed by atoms with Gasteiger partial charge in [0.2, 0.25) is 0 Å². The highest BCUT2D eigenvalue weighted by Gasteiger charge is 2.39. The van der Waals surface area contributed by atoms with Crippen LogP contribution in [-0.2, 0) is 4.74 Å². The van der Waals surface area contributed by atoms with Crippen molar-refractivity contribution >= 4 is 5.69 Å². The first-order chi connectivity index (χ1) is 9.26. The van der Waals surface area contributed by atoms with Crippen LogP contribution in [0.1, 0.15) is 44.9 Å². The Hall–Kier alpha value is -1.22. The molecule has 1 aliphatic carbocycles. The van der Waals surface area contributed by atoms with E-state index in [4.69, 9.17) is 15.2 Å². The molecule has 3 rings (SSSR count). The molecular weight excluding hydrogens is 238 g/mol. The van der Waals surface area contributed by atoms with Gasteiger partial charge in [0.1, 0.15) is 11.9 Å². The third kappa shape index (κ3) is 3.03. The Bertz CT molecular complexity index is 421. The Balaban J connectivity index is 1.65. The van der Waals surface area contributed by atoms with Crippen LogP contribution >= 0.6 is 0 Å². The predicted octanol–water partition coefficient (Wildman–Crippen LogP) is 3.53. The van der Waals surface area contributed by atoms with Crippen molar-refractivity contribution in [1.82, 2.24) is 0 Å². The quantitative estimate of drug-likeness (QED) is 0.828. The summed E-state index contributed by atoms with van der Waals surface area (Å²) < 4.78 is 12.2. The lowest BCUT2D eigenvalue weighted by atomic mass is 9.79. The molecule has 1 spiro atoms. The topological polar surface area (TPSA) is 44.5 Å². The molecule has 1 saturated carbocycles. The van der Waals surface area contributed by atoms with E-state index in [-0.39, 0.29) is 11.7 Å². The number of ether oxygens (including phenoxy) is 2. The summed E-state index contributed by atoms with van der Waals surface area (Å²) >= 11 is 0. The molecule has 1 aromatic rings. The summed E-state index contributed by atoms with van der Waals surface area (Å²) in [6.07, 6.45) is 8.63. The first kappa shape index (κ1) is 12.8. The summed E-state index contributed by atoms with van der Waals surface area (Å²) in [5, 5.41) is 0. The van der Waals surface area contributed by atoms with Crippen LogP contribution in [0.3, 0.4) is 0 Å². The molecule has 19 heavy (non-hydrogen) atoms. The molecule has 3 nitrogen and oxygen atoms in total. The van der Waals surface area contributed by atoms with Crippen LogP contribution in [-0.4, -0.2) is 18.3 Å². The van der Waals surface area contributed by atoms with Gasteiger partial charge in [0, 0.05) is 24.6 Å². The second-order valence-corrected chi connectivity index (χ2v) is 5.90. The summed E-state index contributed by atoms with van der Waals surface area (Å²) in [6.45, 7) is 0.826. The van der Waals surface area contributed by atoms with E-state index in [1.54, 1.807) is 0 Å². The number of hydrogen-bond acceptors (Lipinski definition) is 3. The van der Waals surface area contributed by atoms with Gasteiger partial charge in [-0.3, -0.25) is 0 Å². The van der Waals surface area contributed by atoms with Gasteiger partial charge in [-0.25, -0.2) is 0 Å². The van der Waals surface area contributed by atoms with Gasteiger partial charge in [0.05, 0.1) is 12.2 Å². The molecule has 1 heterocycles. The highest BCUT2D eigenvalue weighted by atomic mass is 16.5. The molecular formula is C16H23NO2. The van der Waals surface area contributed by atoms with E-state index in [1.807, 2.05) is 24.3 Å². The largest absolute Gasteiger partial charge is 0.490 e. The molecule has 1 saturated heterocycles. The number of rotatable bonds is 2. The fourth-order valence-electron chi connectivity index (χ4n) is 3.41. The Morgan fingerprint density at radius 1 is 1.21 bits per heavy atom. The monoisotopic (exact) mass is 261 g/mol. The molecule has 104 valence electrons. The zero-order valence-corrected chi connectivity index (χ0v) is 11.4. The summed E-state index contributed by atoms with van der Waals surface area (Å²) in [5.41, 5.74) is 6.66. The lowest BCUT2D eigenvalue weighted by Crippen LogP contribution is -2.45. The van der Waals surface area contributed by atoms with Crippen molar-refractivity contribution in [1.29, 1.82) is 0 Å². The van der Waals surface area contributed by atoms with Gasteiger partial charge in [-0.1, -0.05) is 25.3 Å². The highest BCUT2D eigenvalue weighted by Crippen LogP contribution is 2.39. The summed E-state index contributed by atoms with van der Waals surface area (Å²) in [5.74, 6) is 0.887. The maximum Gasteiger partial charge on any atom is 0.121 e. The molecule has 0 radical (unpaired) electrons. The average molecular weight is 261 g/mol. The van der Waals surface area contributed by atoms with Crippen molar-refractivity contribution in [2.75, 3.05) is 12.3 Å². The van der Waals surface area contributed by atoms with Gasteiger partial charge in [0.15, 0.2) is 0 Å². The van der Waals surface area contributed by atoms with Crippen LogP contribution in [0.25, 0.3) is 0 Å². The van der Waals surface area contributed by atoms with E-state index >= 15 is 0 Å². The standard InChI is InChI=1S/C16H23NO2/c17-13-5-4-6-14(11-13)19-15-7-10-18-16(12-15)8-2-1-3-9-16/h4-6,11,15H,1-3,7-10,12,17H2. The van der Waals surface area contributed by atoms with E-state index in [1.165, 1.54) is 32.1 Å². The zero-order chi connectivity index (χ0) is 13.1. The molecule has 0 bridgehead atoms. The molecule has 1 aromatic carbocycles. The maximum absolute atomic E-state index is 6.10. The SMILES string of the molecule is Nc1cccc(OC2CCOC3(CCCCC3)C2)c1. The molecule has 2 fully saturated rings. The summed E-state index contributed by atoms with van der Waals surface area (Å²) in [4.78, 5) is 0. The van der Waals surface area contributed by atoms with Gasteiger partial charge in [0.25, 0.3) is 0 Å². The minimum atomic E-state index is 0.0987. The van der Waals surface area contributed by atoms with Gasteiger partial charge in [-0.2, -0.15) is 0 Å². The van der Waals surface area contributed by atoms with E-state index in [9.17, 15) is 0 Å². The summed E-state index contributed by atoms with van der Waals surface area (Å²) in [7, 11) is 0. The van der Waals surface area contributed by atoms with Crippen LogP contribution in [0.2, 0.25) is 0 Å². The Labute approximate surface area is 115 Å². The van der Waals surface area contributed by atoms with Gasteiger partial charge in [-0.05, 0) is 25.0 Å². The number of nitrogen functional groups attached to an aromatic ring is 1. The predicted molar refractivity (Wildman–Crippen MR) is 76.3 cm³/mol. The molecule has 0 aromatic heterocycles. The fraction of sp³-hybridized carbons (Fsp3) is 0.625. The Morgan fingerprint density at radius 2 is 2.05 bits per heavy atom. The minimum absolute atomic E-state index is 0.0987. The van der Waals surface area contributed by atoms with E-state index in [2.05, 4.69) is 0 Å². The third-order valence-electron chi connectivity index (χ3n) is 4.37. The smallest absolute Gasteiger partial charge is 0.121 e. The first-order valence-electron chi connectivity index (χ1n) is 7.42. The lowest BCUT2D eigenvalue weighted by molar-refractivity contribution is -0.129. The van der Waals surface area contributed by atoms with Gasteiger partial charge >= 0.3 is 0 Å². The lowest BCUT2D eigenvalue weighted by Gasteiger charge is -2.43. The van der Waals surface area contributed by atoms with Crippen LogP contribution in [0.5, 0.6) is 5.75 Å². The molecule has 2 aliphatic rings. The average Bonchev–Trinajstić information content (AvgIpc) is 2.40. The van der Waals surface area contributed by atoms with E-state index in [0.717, 1.165) is 30.9 Å². The maximum atomic E-state index is 6.10. The normalized spacial score (nSPS) is 26.2. The van der Waals surface area contributed by atoms with Crippen molar-refractivity contribution in [2.45, 2.75) is 56.7 Å². The minimum Gasteiger partial charge on any atom is -0.490 e. The molecule has 3 heteroatoms. The molecule has 1 atom stereocenters. The fourth-order valence-corrected chi connectivity index (χ4v) is 3.41. The number of nitrogens with two attached hydrogens (primary N) is 1. The van der Waals surface area contributed by atoms with Crippen molar-refractivity contribution < 1.29 is 9.47 Å². The Kier molecular flexibility index (Phi) is 3.65. The second-order valence-electron chi connectivity index (χ2n) is 5.90. The molecule has 2 N–H and O–H groups in total. The van der Waals surface area contributed by atoms with Crippen LogP contribution in [0.4, 0.5) is 5.69 Å². The van der Waals surface area contributed by atoms with Gasteiger partial charge < -0.3 is 15.2 Å². The van der Waals surface area contributed by atoms with Gasteiger partial charge in [-0.15, -0.1) is 0 Å². The molecule has 1 aliphatic heterocycles. The van der Waals surface area contributed by atoms with E-state index in [0.29, 0.717) is 0 Å². The zero-order valence-electron chi connectivity index (χ0n) is 11.4. The summed E-state index contributed by atoms with van der Waals surface area (Å²) in [6, 6.07) is 7.72. The number of hydrogen-bond donors (Lipinski definition) is 1. The van der Waals surface area contributed by atoms with Crippen molar-refractivity contribution in [3.63, 3.8) is 0 Å². The highest BCUT2D eigenvalue weighted by molar-refractivity contribution is 5.43. The first-order valence-corrected chi connectivity index (χ1v) is 7.42. The molecule has 0 amide bonds. The Morgan fingerprint density at radius 3 is 2.84 bits per heavy atom. The number of benzene rings is 1. The van der Waals surface area contributed by atoms with Crippen molar-refractivity contribution in [3.8, 4) is 5.75 Å². The number of anilines is 1. The molecule has 1 unspecified atom stereocenters. The van der Waals surface area contributed by atoms with E-state index < -0.39 is 0 Å². The second kappa shape index (κ2) is 5.41.